The van der Waals surface area contributed by atoms with Crippen molar-refractivity contribution in [1.82, 2.24) is 5.32 Å². The molecule has 0 unspecified atom stereocenters. The first kappa shape index (κ1) is 16.9. The van der Waals surface area contributed by atoms with Gasteiger partial charge in [0.2, 0.25) is 0 Å². The van der Waals surface area contributed by atoms with E-state index in [4.69, 9.17) is 9.47 Å². The number of fused-ring (bicyclic) bond motifs is 1. The normalized spacial score (nSPS) is 22.0. The van der Waals surface area contributed by atoms with Gasteiger partial charge in [0.25, 0.3) is 0 Å². The molecule has 4 heteroatoms. The number of carbonyl (C=O) groups excluding carboxylic acids is 1. The van der Waals surface area contributed by atoms with Gasteiger partial charge in [0.1, 0.15) is 11.5 Å². The molecule has 0 aromatic heterocycles. The third-order valence-electron chi connectivity index (χ3n) is 4.82. The predicted octanol–water partition coefficient (Wildman–Crippen LogP) is 4.29. The lowest BCUT2D eigenvalue weighted by Gasteiger charge is -2.36. The molecule has 1 N–H and O–H groups in total. The van der Waals surface area contributed by atoms with Gasteiger partial charge in [0.05, 0.1) is 12.8 Å². The fourth-order valence-electron chi connectivity index (χ4n) is 3.57. The van der Waals surface area contributed by atoms with Crippen LogP contribution in [0.1, 0.15) is 57.9 Å². The van der Waals surface area contributed by atoms with E-state index >= 15 is 0 Å². The number of hydrogen-bond acceptors (Lipinski definition) is 4. The van der Waals surface area contributed by atoms with Gasteiger partial charge in [-0.25, -0.2) is 0 Å². The van der Waals surface area contributed by atoms with Crippen LogP contribution < -0.4 is 14.8 Å². The van der Waals surface area contributed by atoms with Crippen LogP contribution in [0, 0.1) is 5.92 Å². The minimum absolute atomic E-state index is 0.154. The quantitative estimate of drug-likeness (QED) is 0.664. The molecule has 2 aliphatic rings. The third kappa shape index (κ3) is 3.74. The first-order chi connectivity index (χ1) is 11.5. The van der Waals surface area contributed by atoms with E-state index in [1.54, 1.807) is 13.2 Å². The van der Waals surface area contributed by atoms with Gasteiger partial charge in [-0.05, 0) is 44.9 Å². The zero-order chi connectivity index (χ0) is 17.2. The van der Waals surface area contributed by atoms with Gasteiger partial charge in [-0.3, -0.25) is 4.79 Å². The Balaban J connectivity index is 1.92. The van der Waals surface area contributed by atoms with Crippen molar-refractivity contribution in [2.75, 3.05) is 7.11 Å². The summed E-state index contributed by atoms with van der Waals surface area (Å²) in [6.45, 7) is 3.92. The molecule has 4 nitrogen and oxygen atoms in total. The largest absolute Gasteiger partial charge is 0.497 e. The monoisotopic (exact) mass is 329 g/mol. The fourth-order valence-corrected chi connectivity index (χ4v) is 3.57. The molecule has 1 aromatic rings. The molecular weight excluding hydrogens is 302 g/mol. The smallest absolute Gasteiger partial charge is 0.175 e. The Hall–Kier alpha value is -1.97. The van der Waals surface area contributed by atoms with Crippen LogP contribution in [0.15, 0.2) is 24.3 Å². The van der Waals surface area contributed by atoms with Gasteiger partial charge >= 0.3 is 0 Å². The molecule has 0 bridgehead atoms. The number of allylic oxidation sites excluding steroid dienone is 1. The first-order valence-corrected chi connectivity index (χ1v) is 8.90. The van der Waals surface area contributed by atoms with E-state index in [0.717, 1.165) is 48.4 Å². The van der Waals surface area contributed by atoms with E-state index in [2.05, 4.69) is 5.32 Å². The summed E-state index contributed by atoms with van der Waals surface area (Å²) in [5, 5.41) is 3.35. The summed E-state index contributed by atoms with van der Waals surface area (Å²) in [6.07, 6.45) is 8.61. The van der Waals surface area contributed by atoms with Crippen molar-refractivity contribution < 1.29 is 14.3 Å². The van der Waals surface area contributed by atoms with Crippen molar-refractivity contribution in [2.24, 2.45) is 5.92 Å². The highest BCUT2D eigenvalue weighted by Gasteiger charge is 2.30. The van der Waals surface area contributed by atoms with Gasteiger partial charge in [-0.2, -0.15) is 0 Å². The van der Waals surface area contributed by atoms with Crippen LogP contribution >= 0.6 is 0 Å². The zero-order valence-electron chi connectivity index (χ0n) is 14.9. The summed E-state index contributed by atoms with van der Waals surface area (Å²) in [5.74, 6) is 1.92. The number of nitrogens with one attached hydrogen (secondary N) is 1. The van der Waals surface area contributed by atoms with E-state index < -0.39 is 5.72 Å². The molecule has 1 saturated carbocycles. The lowest BCUT2D eigenvalue weighted by molar-refractivity contribution is -0.118. The Morgan fingerprint density at radius 1 is 1.25 bits per heavy atom. The Morgan fingerprint density at radius 3 is 2.62 bits per heavy atom. The van der Waals surface area contributed by atoms with E-state index in [-0.39, 0.29) is 11.7 Å². The minimum Gasteiger partial charge on any atom is -0.497 e. The maximum atomic E-state index is 12.8. The predicted molar refractivity (Wildman–Crippen MR) is 95.0 cm³/mol. The van der Waals surface area contributed by atoms with Crippen LogP contribution in [-0.4, -0.2) is 18.6 Å². The topological polar surface area (TPSA) is 47.6 Å². The van der Waals surface area contributed by atoms with Gasteiger partial charge < -0.3 is 14.8 Å². The second kappa shape index (κ2) is 6.88. The summed E-state index contributed by atoms with van der Waals surface area (Å²) in [6, 6.07) is 5.70. The Bertz CT molecular complexity index is 640. The summed E-state index contributed by atoms with van der Waals surface area (Å²) >= 11 is 0. The first-order valence-electron chi connectivity index (χ1n) is 8.90. The van der Waals surface area contributed by atoms with Crippen LogP contribution in [-0.2, 0) is 4.79 Å². The molecule has 0 spiro atoms. The number of ether oxygens (including phenoxy) is 2. The number of methoxy groups -OCH3 is 1. The summed E-state index contributed by atoms with van der Waals surface area (Å²) in [4.78, 5) is 12.8. The van der Waals surface area contributed by atoms with Gasteiger partial charge in [-0.15, -0.1) is 0 Å². The van der Waals surface area contributed by atoms with Gasteiger partial charge in [-0.1, -0.05) is 25.7 Å². The molecule has 0 atom stereocenters. The molecule has 0 amide bonds. The number of benzene rings is 1. The second-order valence-electron chi connectivity index (χ2n) is 7.25. The molecule has 0 saturated heterocycles. The van der Waals surface area contributed by atoms with E-state index in [9.17, 15) is 4.79 Å². The molecule has 1 aromatic carbocycles. The Labute approximate surface area is 144 Å². The number of hydrogen-bond donors (Lipinski definition) is 1. The van der Waals surface area contributed by atoms with Crippen LogP contribution in [0.2, 0.25) is 0 Å². The van der Waals surface area contributed by atoms with Crippen molar-refractivity contribution in [1.29, 1.82) is 0 Å². The lowest BCUT2D eigenvalue weighted by atomic mass is 9.93. The Morgan fingerprint density at radius 2 is 1.96 bits per heavy atom. The van der Waals surface area contributed by atoms with Crippen molar-refractivity contribution in [3.05, 3.63) is 29.8 Å². The zero-order valence-corrected chi connectivity index (χ0v) is 14.9. The van der Waals surface area contributed by atoms with Crippen molar-refractivity contribution in [3.63, 3.8) is 0 Å². The van der Waals surface area contributed by atoms with E-state index in [1.807, 2.05) is 32.0 Å². The van der Waals surface area contributed by atoms with E-state index in [0.29, 0.717) is 0 Å². The minimum atomic E-state index is -0.544. The SMILES string of the molecule is COc1ccc2c(c1)/C(=C/C(=O)C1CCCCCC1)NC(C)(C)O2. The van der Waals surface area contributed by atoms with Crippen LogP contribution in [0.3, 0.4) is 0 Å². The van der Waals surface area contributed by atoms with Crippen molar-refractivity contribution in [2.45, 2.75) is 58.1 Å². The van der Waals surface area contributed by atoms with Gasteiger partial charge in [0, 0.05) is 17.6 Å². The lowest BCUT2D eigenvalue weighted by Crippen LogP contribution is -2.46. The Kier molecular flexibility index (Phi) is 4.83. The maximum absolute atomic E-state index is 12.8. The molecule has 0 radical (unpaired) electrons. The molecular formula is C20H27NO3. The molecule has 130 valence electrons. The molecule has 1 heterocycles. The average molecular weight is 329 g/mol. The molecule has 24 heavy (non-hydrogen) atoms. The highest BCUT2D eigenvalue weighted by molar-refractivity contribution is 5.98. The fraction of sp³-hybridized carbons (Fsp3) is 0.550. The highest BCUT2D eigenvalue weighted by atomic mass is 16.5. The second-order valence-corrected chi connectivity index (χ2v) is 7.25. The number of rotatable bonds is 3. The molecule has 1 fully saturated rings. The van der Waals surface area contributed by atoms with Crippen molar-refractivity contribution >= 4 is 11.5 Å². The summed E-state index contributed by atoms with van der Waals surface area (Å²) in [5.41, 5.74) is 1.17. The van der Waals surface area contributed by atoms with Crippen LogP contribution in [0.4, 0.5) is 0 Å². The number of ketones is 1. The van der Waals surface area contributed by atoms with Crippen LogP contribution in [0.5, 0.6) is 11.5 Å². The summed E-state index contributed by atoms with van der Waals surface area (Å²) < 4.78 is 11.3. The van der Waals surface area contributed by atoms with Crippen LogP contribution in [0.25, 0.3) is 5.70 Å². The number of carbonyl (C=O) groups is 1. The maximum Gasteiger partial charge on any atom is 0.175 e. The van der Waals surface area contributed by atoms with Crippen molar-refractivity contribution in [3.8, 4) is 11.5 Å². The summed E-state index contributed by atoms with van der Waals surface area (Å²) in [7, 11) is 1.64. The molecule has 1 aliphatic carbocycles. The average Bonchev–Trinajstić information content (AvgIpc) is 2.83. The molecule has 3 rings (SSSR count). The standard InChI is InChI=1S/C20H27NO3/c1-20(2)21-17(13-18(22)14-8-6-4-5-7-9-14)16-12-15(23-3)10-11-19(16)24-20/h10-14,21H,4-9H2,1-3H3/b17-13-. The van der Waals surface area contributed by atoms with Gasteiger partial charge in [0.15, 0.2) is 11.5 Å². The third-order valence-corrected chi connectivity index (χ3v) is 4.82. The molecule has 1 aliphatic heterocycles. The van der Waals surface area contributed by atoms with E-state index in [1.165, 1.54) is 12.8 Å². The highest BCUT2D eigenvalue weighted by Crippen LogP contribution is 2.36.